The molecule has 6 nitrogen and oxygen atoms in total. The number of rotatable bonds is 5. The molecule has 6 heteroatoms. The number of aromatic nitrogens is 5. The van der Waals surface area contributed by atoms with Crippen LogP contribution in [0.1, 0.15) is 48.8 Å². The molecule has 0 saturated heterocycles. The van der Waals surface area contributed by atoms with E-state index in [1.807, 2.05) is 26.8 Å². The minimum absolute atomic E-state index is 0.0181. The van der Waals surface area contributed by atoms with Crippen LogP contribution < -0.4 is 0 Å². The van der Waals surface area contributed by atoms with Gasteiger partial charge in [-0.25, -0.2) is 9.67 Å². The second kappa shape index (κ2) is 5.34. The number of hydrogen-bond acceptors (Lipinski definition) is 4. The molecule has 0 radical (unpaired) electrons. The van der Waals surface area contributed by atoms with Gasteiger partial charge in [-0.05, 0) is 26.3 Å². The van der Waals surface area contributed by atoms with Crippen molar-refractivity contribution >= 4 is 5.78 Å². The first-order chi connectivity index (χ1) is 9.02. The van der Waals surface area contributed by atoms with Crippen LogP contribution >= 0.6 is 0 Å². The summed E-state index contributed by atoms with van der Waals surface area (Å²) in [5.41, 5.74) is 1.55. The van der Waals surface area contributed by atoms with Gasteiger partial charge in [0, 0.05) is 13.1 Å². The predicted molar refractivity (Wildman–Crippen MR) is 71.0 cm³/mol. The Morgan fingerprint density at radius 3 is 2.74 bits per heavy atom. The van der Waals surface area contributed by atoms with E-state index >= 15 is 0 Å². The fourth-order valence-electron chi connectivity index (χ4n) is 2.03. The molecule has 2 heterocycles. The second-order valence-electron chi connectivity index (χ2n) is 4.81. The van der Waals surface area contributed by atoms with Crippen LogP contribution in [0, 0.1) is 0 Å². The molecule has 102 valence electrons. The van der Waals surface area contributed by atoms with Gasteiger partial charge in [0.15, 0.2) is 5.78 Å². The lowest BCUT2D eigenvalue weighted by Gasteiger charge is -2.08. The van der Waals surface area contributed by atoms with Gasteiger partial charge in [0.25, 0.3) is 0 Å². The van der Waals surface area contributed by atoms with Gasteiger partial charge in [0.2, 0.25) is 0 Å². The Morgan fingerprint density at radius 1 is 1.42 bits per heavy atom. The minimum atomic E-state index is 0.0181. The second-order valence-corrected chi connectivity index (χ2v) is 4.81. The first-order valence-corrected chi connectivity index (χ1v) is 6.47. The maximum absolute atomic E-state index is 12.3. The van der Waals surface area contributed by atoms with Crippen molar-refractivity contribution in [1.29, 1.82) is 0 Å². The van der Waals surface area contributed by atoms with Crippen LogP contribution in [0.4, 0.5) is 0 Å². The maximum atomic E-state index is 12.3. The summed E-state index contributed by atoms with van der Waals surface area (Å²) in [5.74, 6) is 0.712. The van der Waals surface area contributed by atoms with Gasteiger partial charge in [-0.15, -0.1) is 0 Å². The summed E-state index contributed by atoms with van der Waals surface area (Å²) < 4.78 is 3.41. The fraction of sp³-hybridized carbons (Fsp3) is 0.538. The third kappa shape index (κ3) is 2.72. The van der Waals surface area contributed by atoms with Gasteiger partial charge in [0.05, 0.1) is 12.1 Å². The number of nitrogens with zero attached hydrogens (tertiary/aromatic N) is 5. The molecule has 0 spiro atoms. The number of aryl methyl sites for hydroxylation is 2. The largest absolute Gasteiger partial charge is 0.292 e. The minimum Gasteiger partial charge on any atom is -0.292 e. The van der Waals surface area contributed by atoms with E-state index in [4.69, 9.17) is 0 Å². The topological polar surface area (TPSA) is 65.6 Å². The normalized spacial score (nSPS) is 11.2. The summed E-state index contributed by atoms with van der Waals surface area (Å²) >= 11 is 0. The average molecular weight is 261 g/mol. The monoisotopic (exact) mass is 261 g/mol. The molecular formula is C13H19N5O. The van der Waals surface area contributed by atoms with Crippen molar-refractivity contribution in [3.05, 3.63) is 29.6 Å². The Labute approximate surface area is 112 Å². The van der Waals surface area contributed by atoms with Crippen molar-refractivity contribution in [3.63, 3.8) is 0 Å². The highest BCUT2D eigenvalue weighted by molar-refractivity contribution is 5.95. The lowest BCUT2D eigenvalue weighted by molar-refractivity contribution is 0.0980. The highest BCUT2D eigenvalue weighted by Gasteiger charge is 2.17. The van der Waals surface area contributed by atoms with E-state index in [1.165, 1.54) is 6.33 Å². The van der Waals surface area contributed by atoms with Crippen LogP contribution in [0.5, 0.6) is 0 Å². The number of carbonyl (C=O) groups excluding carboxylic acids is 1. The van der Waals surface area contributed by atoms with Crippen LogP contribution in [0.15, 0.2) is 12.4 Å². The van der Waals surface area contributed by atoms with Crippen LogP contribution in [-0.4, -0.2) is 30.3 Å². The Bertz CT molecular complexity index is 582. The molecule has 0 aliphatic carbocycles. The first-order valence-electron chi connectivity index (χ1n) is 6.47. The zero-order valence-electron chi connectivity index (χ0n) is 11.8. The molecule has 0 atom stereocenters. The summed E-state index contributed by atoms with van der Waals surface area (Å²) in [5, 5.41) is 8.43. The van der Waals surface area contributed by atoms with E-state index in [0.29, 0.717) is 11.5 Å². The van der Waals surface area contributed by atoms with Crippen LogP contribution in [0.3, 0.4) is 0 Å². The van der Waals surface area contributed by atoms with E-state index in [1.54, 1.807) is 16.4 Å². The molecule has 0 amide bonds. The van der Waals surface area contributed by atoms with Crippen LogP contribution in [-0.2, 0) is 19.9 Å². The molecule has 0 aromatic carbocycles. The summed E-state index contributed by atoms with van der Waals surface area (Å²) in [6, 6.07) is 2.04. The van der Waals surface area contributed by atoms with E-state index in [2.05, 4.69) is 15.2 Å². The van der Waals surface area contributed by atoms with Crippen molar-refractivity contribution in [2.75, 3.05) is 0 Å². The fourth-order valence-corrected chi connectivity index (χ4v) is 2.03. The molecule has 19 heavy (non-hydrogen) atoms. The molecule has 2 aromatic heterocycles. The highest BCUT2D eigenvalue weighted by Crippen LogP contribution is 2.11. The van der Waals surface area contributed by atoms with Gasteiger partial charge in [-0.2, -0.15) is 10.2 Å². The van der Waals surface area contributed by atoms with Gasteiger partial charge < -0.3 is 0 Å². The smallest absolute Gasteiger partial charge is 0.188 e. The van der Waals surface area contributed by atoms with Crippen molar-refractivity contribution in [2.24, 2.45) is 7.05 Å². The highest BCUT2D eigenvalue weighted by atomic mass is 16.1. The SMILES string of the molecule is CCc1cc(C(=O)Cc2ncnn2C(C)C)n(C)n1. The van der Waals surface area contributed by atoms with E-state index < -0.39 is 0 Å². The average Bonchev–Trinajstić information content (AvgIpc) is 2.95. The maximum Gasteiger partial charge on any atom is 0.188 e. The Hall–Kier alpha value is -1.98. The van der Waals surface area contributed by atoms with E-state index in [9.17, 15) is 4.79 Å². The summed E-state index contributed by atoms with van der Waals surface area (Å²) in [6.07, 6.45) is 2.56. The molecule has 0 aliphatic heterocycles. The quantitative estimate of drug-likeness (QED) is 0.766. The summed E-state index contributed by atoms with van der Waals surface area (Å²) in [6.45, 7) is 6.05. The van der Waals surface area contributed by atoms with Crippen molar-refractivity contribution in [1.82, 2.24) is 24.5 Å². The van der Waals surface area contributed by atoms with Gasteiger partial charge in [-0.1, -0.05) is 6.92 Å². The molecule has 0 bridgehead atoms. The number of hydrogen-bond donors (Lipinski definition) is 0. The molecule has 2 aromatic rings. The molecule has 0 N–H and O–H groups in total. The number of ketones is 1. The molecular weight excluding hydrogens is 242 g/mol. The molecule has 0 saturated carbocycles. The van der Waals surface area contributed by atoms with Gasteiger partial charge in [-0.3, -0.25) is 9.48 Å². The number of carbonyl (C=O) groups is 1. The first kappa shape index (κ1) is 13.5. The van der Waals surface area contributed by atoms with Crippen molar-refractivity contribution in [3.8, 4) is 0 Å². The Kier molecular flexibility index (Phi) is 3.78. The lowest BCUT2D eigenvalue weighted by atomic mass is 10.2. The predicted octanol–water partition coefficient (Wildman–Crippen LogP) is 1.58. The third-order valence-corrected chi connectivity index (χ3v) is 3.03. The molecule has 0 unspecified atom stereocenters. The van der Waals surface area contributed by atoms with Crippen molar-refractivity contribution in [2.45, 2.75) is 39.7 Å². The summed E-state index contributed by atoms with van der Waals surface area (Å²) in [7, 11) is 1.79. The van der Waals surface area contributed by atoms with Gasteiger partial charge in [0.1, 0.15) is 17.8 Å². The molecule has 2 rings (SSSR count). The zero-order valence-corrected chi connectivity index (χ0v) is 11.8. The Morgan fingerprint density at radius 2 is 2.16 bits per heavy atom. The van der Waals surface area contributed by atoms with Crippen LogP contribution in [0.25, 0.3) is 0 Å². The van der Waals surface area contributed by atoms with Crippen molar-refractivity contribution < 1.29 is 4.79 Å². The van der Waals surface area contributed by atoms with E-state index in [0.717, 1.165) is 12.1 Å². The van der Waals surface area contributed by atoms with E-state index in [-0.39, 0.29) is 18.2 Å². The molecule has 0 fully saturated rings. The lowest BCUT2D eigenvalue weighted by Crippen LogP contribution is -2.15. The molecule has 0 aliphatic rings. The summed E-state index contributed by atoms with van der Waals surface area (Å²) in [4.78, 5) is 16.5. The Balaban J connectivity index is 2.21. The van der Waals surface area contributed by atoms with Crippen LogP contribution in [0.2, 0.25) is 0 Å². The number of Topliss-reactive ketones (excluding diaryl/α,β-unsaturated/α-hetero) is 1. The third-order valence-electron chi connectivity index (χ3n) is 3.03. The standard InChI is InChI=1S/C13H19N5O/c1-5-10-6-11(17(4)16-10)12(19)7-13-14-8-15-18(13)9(2)3/h6,8-9H,5,7H2,1-4H3. The van der Waals surface area contributed by atoms with Gasteiger partial charge >= 0.3 is 0 Å². The zero-order chi connectivity index (χ0) is 14.0.